The van der Waals surface area contributed by atoms with E-state index >= 15 is 0 Å². The molecule has 0 spiro atoms. The van der Waals surface area contributed by atoms with Gasteiger partial charge in [0.05, 0.1) is 0 Å². The van der Waals surface area contributed by atoms with Crippen molar-refractivity contribution in [1.82, 2.24) is 4.98 Å². The molecule has 1 aromatic carbocycles. The fourth-order valence-electron chi connectivity index (χ4n) is 1.65. The Morgan fingerprint density at radius 3 is 2.89 bits per heavy atom. The smallest absolute Gasteiger partial charge is 0.127 e. The topological polar surface area (TPSA) is 48.1 Å². The molecule has 0 radical (unpaired) electrons. The van der Waals surface area contributed by atoms with Crippen molar-refractivity contribution in [2.45, 2.75) is 19.6 Å². The Kier molecular flexibility index (Phi) is 3.89. The third kappa shape index (κ3) is 3.05. The number of ether oxygens (including phenoxy) is 1. The highest BCUT2D eigenvalue weighted by molar-refractivity contribution is 5.36. The molecule has 1 aromatic heterocycles. The molecule has 2 rings (SSSR count). The zero-order valence-electron chi connectivity index (χ0n) is 10.1. The lowest BCUT2D eigenvalue weighted by Gasteiger charge is -2.14. The quantitative estimate of drug-likeness (QED) is 0.902. The molecule has 1 atom stereocenters. The molecule has 1 heterocycles. The Morgan fingerprint density at radius 1 is 1.39 bits per heavy atom. The van der Waals surface area contributed by atoms with Gasteiger partial charge < -0.3 is 10.5 Å². The molecule has 94 valence electrons. The lowest BCUT2D eigenvalue weighted by Crippen LogP contribution is -2.08. The number of hydrogen-bond donors (Lipinski definition) is 1. The number of pyridine rings is 1. The van der Waals surface area contributed by atoms with Crippen molar-refractivity contribution < 1.29 is 9.13 Å². The van der Waals surface area contributed by atoms with Gasteiger partial charge in [-0.15, -0.1) is 0 Å². The summed E-state index contributed by atoms with van der Waals surface area (Å²) < 4.78 is 18.8. The summed E-state index contributed by atoms with van der Waals surface area (Å²) in [6.07, 6.45) is 3.41. The Balaban J connectivity index is 2.15. The summed E-state index contributed by atoms with van der Waals surface area (Å²) in [5.74, 6) is 0.148. The van der Waals surface area contributed by atoms with Crippen LogP contribution in [0.25, 0.3) is 0 Å². The maximum atomic E-state index is 13.2. The molecule has 18 heavy (non-hydrogen) atoms. The molecule has 0 aliphatic heterocycles. The summed E-state index contributed by atoms with van der Waals surface area (Å²) in [7, 11) is 0. The first-order valence-corrected chi connectivity index (χ1v) is 5.73. The predicted octanol–water partition coefficient (Wildman–Crippen LogP) is 2.82. The van der Waals surface area contributed by atoms with Crippen molar-refractivity contribution in [3.8, 4) is 5.75 Å². The third-order valence-electron chi connectivity index (χ3n) is 2.58. The molecule has 0 saturated heterocycles. The maximum Gasteiger partial charge on any atom is 0.127 e. The zero-order chi connectivity index (χ0) is 13.0. The molecule has 4 heteroatoms. The van der Waals surface area contributed by atoms with E-state index in [1.165, 1.54) is 12.1 Å². The van der Waals surface area contributed by atoms with Crippen molar-refractivity contribution in [2.24, 2.45) is 5.73 Å². The van der Waals surface area contributed by atoms with Gasteiger partial charge in [0.25, 0.3) is 0 Å². The zero-order valence-corrected chi connectivity index (χ0v) is 10.1. The number of nitrogens with two attached hydrogens (primary N) is 1. The van der Waals surface area contributed by atoms with Crippen LogP contribution in [0.2, 0.25) is 0 Å². The van der Waals surface area contributed by atoms with Crippen LogP contribution in [0.15, 0.2) is 42.7 Å². The SMILES string of the molecule is C[C@H](N)c1ccc(F)cc1OCc1cccnc1. The number of benzene rings is 1. The van der Waals surface area contributed by atoms with Crippen LogP contribution in [0, 0.1) is 5.82 Å². The number of rotatable bonds is 4. The van der Waals surface area contributed by atoms with Crippen LogP contribution in [0.3, 0.4) is 0 Å². The van der Waals surface area contributed by atoms with E-state index in [0.717, 1.165) is 11.1 Å². The van der Waals surface area contributed by atoms with E-state index < -0.39 is 0 Å². The monoisotopic (exact) mass is 246 g/mol. The molecular weight excluding hydrogens is 231 g/mol. The molecule has 0 bridgehead atoms. The van der Waals surface area contributed by atoms with E-state index in [9.17, 15) is 4.39 Å². The number of hydrogen-bond acceptors (Lipinski definition) is 3. The number of aromatic nitrogens is 1. The molecule has 0 aliphatic carbocycles. The normalized spacial score (nSPS) is 12.2. The van der Waals surface area contributed by atoms with Gasteiger partial charge in [0, 0.05) is 35.6 Å². The second-order valence-electron chi connectivity index (χ2n) is 4.12. The summed E-state index contributed by atoms with van der Waals surface area (Å²) in [5.41, 5.74) is 7.54. The largest absolute Gasteiger partial charge is 0.488 e. The first-order valence-electron chi connectivity index (χ1n) is 5.73. The van der Waals surface area contributed by atoms with Crippen LogP contribution < -0.4 is 10.5 Å². The number of halogens is 1. The first-order chi connectivity index (χ1) is 8.66. The van der Waals surface area contributed by atoms with Gasteiger partial charge in [-0.2, -0.15) is 0 Å². The van der Waals surface area contributed by atoms with Crippen LogP contribution in [0.5, 0.6) is 5.75 Å². The Bertz CT molecular complexity index is 514. The van der Waals surface area contributed by atoms with E-state index in [0.29, 0.717) is 12.4 Å². The molecule has 2 N–H and O–H groups in total. The number of nitrogens with zero attached hydrogens (tertiary/aromatic N) is 1. The first kappa shape index (κ1) is 12.5. The summed E-state index contributed by atoms with van der Waals surface area (Å²) in [6, 6.07) is 7.92. The fourth-order valence-corrected chi connectivity index (χ4v) is 1.65. The maximum absolute atomic E-state index is 13.2. The lowest BCUT2D eigenvalue weighted by atomic mass is 10.1. The van der Waals surface area contributed by atoms with Gasteiger partial charge in [0.15, 0.2) is 0 Å². The molecule has 3 nitrogen and oxygen atoms in total. The second-order valence-corrected chi connectivity index (χ2v) is 4.12. The average Bonchev–Trinajstić information content (AvgIpc) is 2.37. The highest BCUT2D eigenvalue weighted by Gasteiger charge is 2.09. The molecule has 0 fully saturated rings. The summed E-state index contributed by atoms with van der Waals surface area (Å²) in [4.78, 5) is 3.99. The van der Waals surface area contributed by atoms with Crippen LogP contribution in [-0.2, 0) is 6.61 Å². The predicted molar refractivity (Wildman–Crippen MR) is 67.6 cm³/mol. The van der Waals surface area contributed by atoms with Gasteiger partial charge in [0.2, 0.25) is 0 Å². The van der Waals surface area contributed by atoms with Crippen molar-refractivity contribution >= 4 is 0 Å². The Labute approximate surface area is 105 Å². The molecule has 0 saturated carbocycles. The lowest BCUT2D eigenvalue weighted by molar-refractivity contribution is 0.299. The standard InChI is InChI=1S/C14H15FN2O/c1-10(16)13-5-4-12(15)7-14(13)18-9-11-3-2-6-17-8-11/h2-8,10H,9,16H2,1H3/t10-/m0/s1. The van der Waals surface area contributed by atoms with E-state index in [-0.39, 0.29) is 11.9 Å². The Hall–Kier alpha value is -1.94. The average molecular weight is 246 g/mol. The summed E-state index contributed by atoms with van der Waals surface area (Å²) >= 11 is 0. The van der Waals surface area contributed by atoms with Crippen LogP contribution in [0.4, 0.5) is 4.39 Å². The van der Waals surface area contributed by atoms with Gasteiger partial charge in [-0.1, -0.05) is 12.1 Å². The van der Waals surface area contributed by atoms with Gasteiger partial charge in [0.1, 0.15) is 18.2 Å². The van der Waals surface area contributed by atoms with E-state index in [1.807, 2.05) is 19.1 Å². The van der Waals surface area contributed by atoms with Crippen LogP contribution in [0.1, 0.15) is 24.1 Å². The van der Waals surface area contributed by atoms with Crippen LogP contribution >= 0.6 is 0 Å². The minimum absolute atomic E-state index is 0.200. The second kappa shape index (κ2) is 5.60. The highest BCUT2D eigenvalue weighted by atomic mass is 19.1. The van der Waals surface area contributed by atoms with Crippen LogP contribution in [-0.4, -0.2) is 4.98 Å². The minimum atomic E-state index is -0.333. The highest BCUT2D eigenvalue weighted by Crippen LogP contribution is 2.25. The molecule has 2 aromatic rings. The molecular formula is C14H15FN2O. The van der Waals surface area contributed by atoms with Crippen molar-refractivity contribution in [3.63, 3.8) is 0 Å². The van der Waals surface area contributed by atoms with Crippen molar-refractivity contribution in [1.29, 1.82) is 0 Å². The summed E-state index contributed by atoms with van der Waals surface area (Å²) in [5, 5.41) is 0. The van der Waals surface area contributed by atoms with Gasteiger partial charge in [-0.3, -0.25) is 4.98 Å². The van der Waals surface area contributed by atoms with Gasteiger partial charge >= 0.3 is 0 Å². The molecule has 0 unspecified atom stereocenters. The van der Waals surface area contributed by atoms with Crippen molar-refractivity contribution in [2.75, 3.05) is 0 Å². The molecule has 0 aliphatic rings. The van der Waals surface area contributed by atoms with Gasteiger partial charge in [-0.05, 0) is 19.1 Å². The summed E-state index contributed by atoms with van der Waals surface area (Å²) in [6.45, 7) is 2.18. The van der Waals surface area contributed by atoms with E-state index in [1.54, 1.807) is 18.5 Å². The Morgan fingerprint density at radius 2 is 2.22 bits per heavy atom. The van der Waals surface area contributed by atoms with Crippen molar-refractivity contribution in [3.05, 3.63) is 59.7 Å². The van der Waals surface area contributed by atoms with E-state index in [2.05, 4.69) is 4.98 Å². The fraction of sp³-hybridized carbons (Fsp3) is 0.214. The van der Waals surface area contributed by atoms with E-state index in [4.69, 9.17) is 10.5 Å². The van der Waals surface area contributed by atoms with Gasteiger partial charge in [-0.25, -0.2) is 4.39 Å². The minimum Gasteiger partial charge on any atom is -0.488 e. The third-order valence-corrected chi connectivity index (χ3v) is 2.58. The molecule has 0 amide bonds.